The van der Waals surface area contributed by atoms with E-state index >= 15 is 0 Å². The van der Waals surface area contributed by atoms with E-state index in [4.69, 9.17) is 21.7 Å². The molecule has 0 aliphatic rings. The molecule has 3 rings (SSSR count). The molecule has 3 N–H and O–H groups in total. The topological polar surface area (TPSA) is 88.7 Å². The summed E-state index contributed by atoms with van der Waals surface area (Å²) in [6, 6.07) is 23.4. The summed E-state index contributed by atoms with van der Waals surface area (Å²) in [4.78, 5) is 25.4. The van der Waals surface area contributed by atoms with Gasteiger partial charge in [0.15, 0.2) is 5.11 Å². The van der Waals surface area contributed by atoms with Gasteiger partial charge in [-0.2, -0.15) is 0 Å². The summed E-state index contributed by atoms with van der Waals surface area (Å²) in [6.07, 6.45) is 0. The molecule has 0 saturated heterocycles. The van der Waals surface area contributed by atoms with E-state index in [1.54, 1.807) is 48.5 Å². The van der Waals surface area contributed by atoms with E-state index < -0.39 is 5.91 Å². The predicted octanol–water partition coefficient (Wildman–Crippen LogP) is 4.16. The summed E-state index contributed by atoms with van der Waals surface area (Å²) in [5.41, 5.74) is 2.30. The van der Waals surface area contributed by atoms with E-state index in [-0.39, 0.29) is 11.0 Å². The standard InChI is InChI=1S/C26H27N3O4S/c1-2-32-15-16-33-21-12-8-11-20(17-21)24(30)29-26(34)28-23-14-7-6-13-22(23)25(31)27-18-19-9-4-3-5-10-19/h3-14,17H,2,15-16,18H2,1H3,(H,27,31)(H2,28,29,30,34). The molecule has 8 heteroatoms. The Hall–Kier alpha value is -3.75. The molecule has 0 aliphatic carbocycles. The Morgan fingerprint density at radius 3 is 2.44 bits per heavy atom. The molecule has 3 aromatic rings. The van der Waals surface area contributed by atoms with Crippen LogP contribution in [0.1, 0.15) is 33.2 Å². The summed E-state index contributed by atoms with van der Waals surface area (Å²) >= 11 is 5.31. The zero-order valence-corrected chi connectivity index (χ0v) is 19.7. The van der Waals surface area contributed by atoms with Crippen molar-refractivity contribution in [2.24, 2.45) is 0 Å². The van der Waals surface area contributed by atoms with E-state index in [0.717, 1.165) is 5.56 Å². The van der Waals surface area contributed by atoms with E-state index in [2.05, 4.69) is 16.0 Å². The summed E-state index contributed by atoms with van der Waals surface area (Å²) in [7, 11) is 0. The van der Waals surface area contributed by atoms with Crippen LogP contribution in [0.4, 0.5) is 5.69 Å². The van der Waals surface area contributed by atoms with Gasteiger partial charge in [-0.15, -0.1) is 0 Å². The highest BCUT2D eigenvalue weighted by molar-refractivity contribution is 7.80. The number of ether oxygens (including phenoxy) is 2. The van der Waals surface area contributed by atoms with E-state index in [0.29, 0.717) is 48.9 Å². The van der Waals surface area contributed by atoms with Crippen LogP contribution >= 0.6 is 12.2 Å². The molecule has 0 atom stereocenters. The number of anilines is 1. The maximum Gasteiger partial charge on any atom is 0.257 e. The first-order chi connectivity index (χ1) is 16.6. The Morgan fingerprint density at radius 2 is 1.65 bits per heavy atom. The number of hydrogen-bond acceptors (Lipinski definition) is 5. The van der Waals surface area contributed by atoms with Gasteiger partial charge in [0.25, 0.3) is 11.8 Å². The summed E-state index contributed by atoms with van der Waals surface area (Å²) in [5.74, 6) is -0.0802. The first-order valence-electron chi connectivity index (χ1n) is 10.9. The number of hydrogen-bond donors (Lipinski definition) is 3. The highest BCUT2D eigenvalue weighted by atomic mass is 32.1. The van der Waals surface area contributed by atoms with Gasteiger partial charge in [-0.1, -0.05) is 48.5 Å². The quantitative estimate of drug-likeness (QED) is 0.300. The minimum atomic E-state index is -0.390. The van der Waals surface area contributed by atoms with E-state index in [9.17, 15) is 9.59 Å². The second-order valence-corrected chi connectivity index (χ2v) is 7.60. The minimum absolute atomic E-state index is 0.0796. The van der Waals surface area contributed by atoms with Gasteiger partial charge < -0.3 is 20.1 Å². The molecule has 0 bridgehead atoms. The van der Waals surface area contributed by atoms with Gasteiger partial charge >= 0.3 is 0 Å². The lowest BCUT2D eigenvalue weighted by atomic mass is 10.1. The third-order valence-corrected chi connectivity index (χ3v) is 4.94. The number of rotatable bonds is 10. The summed E-state index contributed by atoms with van der Waals surface area (Å²) in [6.45, 7) is 3.80. The lowest BCUT2D eigenvalue weighted by molar-refractivity contribution is 0.0949. The van der Waals surface area contributed by atoms with E-state index in [1.807, 2.05) is 37.3 Å². The summed E-state index contributed by atoms with van der Waals surface area (Å²) < 4.78 is 10.8. The van der Waals surface area contributed by atoms with Crippen molar-refractivity contribution in [3.8, 4) is 5.75 Å². The van der Waals surface area contributed by atoms with Gasteiger partial charge in [0.2, 0.25) is 0 Å². The van der Waals surface area contributed by atoms with Crippen molar-refractivity contribution in [2.75, 3.05) is 25.1 Å². The first kappa shape index (κ1) is 24.9. The fourth-order valence-corrected chi connectivity index (χ4v) is 3.28. The molecule has 176 valence electrons. The molecule has 0 aliphatic heterocycles. The number of carbonyl (C=O) groups is 2. The van der Waals surface area contributed by atoms with Crippen molar-refractivity contribution in [1.29, 1.82) is 0 Å². The molecular formula is C26H27N3O4S. The molecule has 0 aromatic heterocycles. The fourth-order valence-electron chi connectivity index (χ4n) is 3.08. The molecule has 34 heavy (non-hydrogen) atoms. The molecule has 0 radical (unpaired) electrons. The SMILES string of the molecule is CCOCCOc1cccc(C(=O)NC(=S)Nc2ccccc2C(=O)NCc2ccccc2)c1. The van der Waals surface area contributed by atoms with Crippen molar-refractivity contribution >= 4 is 34.8 Å². The maximum atomic E-state index is 12.7. The van der Waals surface area contributed by atoms with Crippen LogP contribution in [0.2, 0.25) is 0 Å². The molecule has 7 nitrogen and oxygen atoms in total. The van der Waals surface area contributed by atoms with Crippen LogP contribution < -0.4 is 20.7 Å². The van der Waals surface area contributed by atoms with E-state index in [1.165, 1.54) is 0 Å². The van der Waals surface area contributed by atoms with Gasteiger partial charge in [-0.05, 0) is 55.0 Å². The number of carbonyl (C=O) groups excluding carboxylic acids is 2. The Kier molecular flexibility index (Phi) is 9.57. The Labute approximate surface area is 204 Å². The molecule has 3 aromatic carbocycles. The number of amides is 2. The average molecular weight is 478 g/mol. The van der Waals surface area contributed by atoms with Gasteiger partial charge in [0.05, 0.1) is 17.9 Å². The molecule has 2 amide bonds. The normalized spacial score (nSPS) is 10.3. The second kappa shape index (κ2) is 13.1. The van der Waals surface area contributed by atoms with Crippen molar-refractivity contribution < 1.29 is 19.1 Å². The molecule has 0 spiro atoms. The van der Waals surface area contributed by atoms with Crippen LogP contribution in [0.25, 0.3) is 0 Å². The third-order valence-electron chi connectivity index (χ3n) is 4.74. The van der Waals surface area contributed by atoms with Crippen molar-refractivity contribution in [3.05, 3.63) is 95.6 Å². The lowest BCUT2D eigenvalue weighted by Crippen LogP contribution is -2.35. The van der Waals surface area contributed by atoms with Crippen molar-refractivity contribution in [3.63, 3.8) is 0 Å². The zero-order chi connectivity index (χ0) is 24.2. The van der Waals surface area contributed by atoms with Crippen LogP contribution in [-0.4, -0.2) is 36.7 Å². The average Bonchev–Trinajstić information content (AvgIpc) is 2.86. The Morgan fingerprint density at radius 1 is 0.882 bits per heavy atom. The largest absolute Gasteiger partial charge is 0.491 e. The Bertz CT molecular complexity index is 1120. The van der Waals surface area contributed by atoms with Crippen LogP contribution in [0.5, 0.6) is 5.75 Å². The van der Waals surface area contributed by atoms with Crippen molar-refractivity contribution in [2.45, 2.75) is 13.5 Å². The monoisotopic (exact) mass is 477 g/mol. The van der Waals surface area contributed by atoms with Crippen molar-refractivity contribution in [1.82, 2.24) is 10.6 Å². The second-order valence-electron chi connectivity index (χ2n) is 7.20. The number of nitrogens with one attached hydrogen (secondary N) is 3. The van der Waals surface area contributed by atoms with Gasteiger partial charge in [-0.25, -0.2) is 0 Å². The van der Waals surface area contributed by atoms with Gasteiger partial charge in [0.1, 0.15) is 12.4 Å². The molecule has 0 heterocycles. The van der Waals surface area contributed by atoms with Crippen LogP contribution in [0.15, 0.2) is 78.9 Å². The highest BCUT2D eigenvalue weighted by Crippen LogP contribution is 2.16. The number of thiocarbonyl (C=S) groups is 1. The number of benzene rings is 3. The van der Waals surface area contributed by atoms with Gasteiger partial charge in [0, 0.05) is 18.7 Å². The fraction of sp³-hybridized carbons (Fsp3) is 0.192. The van der Waals surface area contributed by atoms with Crippen LogP contribution in [-0.2, 0) is 11.3 Å². The molecular weight excluding hydrogens is 450 g/mol. The third kappa shape index (κ3) is 7.68. The highest BCUT2D eigenvalue weighted by Gasteiger charge is 2.14. The lowest BCUT2D eigenvalue weighted by Gasteiger charge is -2.14. The molecule has 0 saturated carbocycles. The van der Waals surface area contributed by atoms with Crippen LogP contribution in [0.3, 0.4) is 0 Å². The smallest absolute Gasteiger partial charge is 0.257 e. The summed E-state index contributed by atoms with van der Waals surface area (Å²) in [5, 5.41) is 8.56. The Balaban J connectivity index is 1.57. The minimum Gasteiger partial charge on any atom is -0.491 e. The first-order valence-corrected chi connectivity index (χ1v) is 11.3. The molecule has 0 unspecified atom stereocenters. The predicted molar refractivity (Wildman–Crippen MR) is 136 cm³/mol. The molecule has 0 fully saturated rings. The maximum absolute atomic E-state index is 12.7. The van der Waals surface area contributed by atoms with Gasteiger partial charge in [-0.3, -0.25) is 14.9 Å². The number of para-hydroxylation sites is 1. The van der Waals surface area contributed by atoms with Crippen LogP contribution in [0, 0.1) is 0 Å². The zero-order valence-electron chi connectivity index (χ0n) is 18.9.